The van der Waals surface area contributed by atoms with Crippen LogP contribution in [-0.2, 0) is 0 Å². The lowest BCUT2D eigenvalue weighted by Gasteiger charge is -2.13. The Labute approximate surface area is 124 Å². The van der Waals surface area contributed by atoms with Crippen LogP contribution in [0.25, 0.3) is 0 Å². The molecule has 4 nitrogen and oxygen atoms in total. The molecule has 5 heteroatoms. The molecule has 0 atom stereocenters. The van der Waals surface area contributed by atoms with E-state index < -0.39 is 0 Å². The smallest absolute Gasteiger partial charge is 0.225 e. The zero-order valence-electron chi connectivity index (χ0n) is 12.2. The van der Waals surface area contributed by atoms with Gasteiger partial charge in [0.05, 0.1) is 0 Å². The lowest BCUT2D eigenvalue weighted by atomic mass is 10.2. The number of halogens is 1. The third kappa shape index (κ3) is 3.84. The number of nitrogens with zero attached hydrogens (tertiary/aromatic N) is 2. The van der Waals surface area contributed by atoms with Crippen LogP contribution >= 0.6 is 11.6 Å². The van der Waals surface area contributed by atoms with Crippen molar-refractivity contribution in [3.8, 4) is 0 Å². The molecular formula is C15H19ClN4. The molecule has 106 valence electrons. The van der Waals surface area contributed by atoms with Gasteiger partial charge in [-0.3, -0.25) is 0 Å². The molecule has 0 unspecified atom stereocenters. The first-order chi connectivity index (χ1) is 9.44. The van der Waals surface area contributed by atoms with Gasteiger partial charge in [0.1, 0.15) is 5.82 Å². The molecule has 0 amide bonds. The quantitative estimate of drug-likeness (QED) is 0.881. The summed E-state index contributed by atoms with van der Waals surface area (Å²) in [4.78, 5) is 8.84. The van der Waals surface area contributed by atoms with Crippen molar-refractivity contribution in [3.05, 3.63) is 40.5 Å². The van der Waals surface area contributed by atoms with Gasteiger partial charge in [-0.25, -0.2) is 4.98 Å². The summed E-state index contributed by atoms with van der Waals surface area (Å²) in [6.45, 7) is 8.08. The summed E-state index contributed by atoms with van der Waals surface area (Å²) >= 11 is 5.96. The van der Waals surface area contributed by atoms with Crippen molar-refractivity contribution in [2.24, 2.45) is 0 Å². The molecule has 0 saturated carbocycles. The fourth-order valence-corrected chi connectivity index (χ4v) is 2.09. The molecular weight excluding hydrogens is 272 g/mol. The number of benzene rings is 1. The molecule has 1 aromatic carbocycles. The fraction of sp³-hybridized carbons (Fsp3) is 0.333. The molecule has 0 spiro atoms. The van der Waals surface area contributed by atoms with E-state index in [1.54, 1.807) is 0 Å². The molecule has 0 fully saturated rings. The van der Waals surface area contributed by atoms with Crippen LogP contribution in [0.5, 0.6) is 0 Å². The van der Waals surface area contributed by atoms with Gasteiger partial charge in [0, 0.05) is 28.5 Å². The van der Waals surface area contributed by atoms with E-state index in [9.17, 15) is 0 Å². The summed E-state index contributed by atoms with van der Waals surface area (Å²) in [5.74, 6) is 1.40. The van der Waals surface area contributed by atoms with Crippen LogP contribution in [-0.4, -0.2) is 16.0 Å². The molecule has 0 radical (unpaired) electrons. The van der Waals surface area contributed by atoms with E-state index in [2.05, 4.69) is 34.4 Å². The van der Waals surface area contributed by atoms with E-state index in [-0.39, 0.29) is 0 Å². The Morgan fingerprint density at radius 2 is 1.85 bits per heavy atom. The average molecular weight is 291 g/mol. The molecule has 0 aliphatic carbocycles. The second-order valence-corrected chi connectivity index (χ2v) is 5.54. The molecule has 1 heterocycles. The lowest BCUT2D eigenvalue weighted by Crippen LogP contribution is -2.13. The Morgan fingerprint density at radius 3 is 2.50 bits per heavy atom. The highest BCUT2D eigenvalue weighted by Crippen LogP contribution is 2.23. The normalized spacial score (nSPS) is 10.7. The number of hydrogen-bond acceptors (Lipinski definition) is 4. The van der Waals surface area contributed by atoms with Gasteiger partial charge in [0.2, 0.25) is 5.95 Å². The number of anilines is 3. The third-order valence-corrected chi connectivity index (χ3v) is 2.96. The fourth-order valence-electron chi connectivity index (χ4n) is 1.86. The van der Waals surface area contributed by atoms with E-state index in [4.69, 9.17) is 11.6 Å². The van der Waals surface area contributed by atoms with Crippen molar-refractivity contribution in [3.63, 3.8) is 0 Å². The summed E-state index contributed by atoms with van der Waals surface area (Å²) in [5, 5.41) is 7.25. The molecule has 0 saturated heterocycles. The third-order valence-electron chi connectivity index (χ3n) is 2.72. The Bertz CT molecular complexity index is 611. The van der Waals surface area contributed by atoms with Gasteiger partial charge in [-0.05, 0) is 51.5 Å². The van der Waals surface area contributed by atoms with Gasteiger partial charge in [0.25, 0.3) is 0 Å². The first-order valence-corrected chi connectivity index (χ1v) is 6.97. The van der Waals surface area contributed by atoms with Crippen LogP contribution in [0.1, 0.15) is 25.1 Å². The van der Waals surface area contributed by atoms with E-state index in [1.807, 2.05) is 38.1 Å². The zero-order valence-corrected chi connectivity index (χ0v) is 12.9. The highest BCUT2D eigenvalue weighted by molar-refractivity contribution is 6.30. The summed E-state index contributed by atoms with van der Waals surface area (Å²) in [7, 11) is 0. The van der Waals surface area contributed by atoms with Crippen LogP contribution in [0.2, 0.25) is 5.02 Å². The predicted octanol–water partition coefficient (Wildman–Crippen LogP) is 4.31. The van der Waals surface area contributed by atoms with Gasteiger partial charge < -0.3 is 10.6 Å². The second-order valence-electron chi connectivity index (χ2n) is 5.10. The van der Waals surface area contributed by atoms with E-state index in [0.717, 1.165) is 27.8 Å². The molecule has 1 aromatic heterocycles. The van der Waals surface area contributed by atoms with Gasteiger partial charge in [-0.2, -0.15) is 4.98 Å². The minimum absolute atomic E-state index is 0.293. The van der Waals surface area contributed by atoms with Gasteiger partial charge in [-0.1, -0.05) is 11.6 Å². The highest BCUT2D eigenvalue weighted by atomic mass is 35.5. The van der Waals surface area contributed by atoms with E-state index >= 15 is 0 Å². The first kappa shape index (κ1) is 14.6. The van der Waals surface area contributed by atoms with Crippen LogP contribution in [0.15, 0.2) is 24.3 Å². The molecule has 0 aliphatic heterocycles. The number of aromatic nitrogens is 2. The molecule has 0 aliphatic rings. The SMILES string of the molecule is Cc1cc(Nc2ccc(Cl)cc2C)nc(NC(C)C)n1. The number of rotatable bonds is 4. The zero-order chi connectivity index (χ0) is 14.7. The van der Waals surface area contributed by atoms with Crippen LogP contribution < -0.4 is 10.6 Å². The van der Waals surface area contributed by atoms with Crippen LogP contribution in [0.3, 0.4) is 0 Å². The average Bonchev–Trinajstić information content (AvgIpc) is 2.31. The predicted molar refractivity (Wildman–Crippen MR) is 85.0 cm³/mol. The summed E-state index contributed by atoms with van der Waals surface area (Å²) < 4.78 is 0. The summed E-state index contributed by atoms with van der Waals surface area (Å²) in [6, 6.07) is 7.94. The van der Waals surface area contributed by atoms with Crippen LogP contribution in [0, 0.1) is 13.8 Å². The number of nitrogens with one attached hydrogen (secondary N) is 2. The topological polar surface area (TPSA) is 49.8 Å². The van der Waals surface area contributed by atoms with Crippen molar-refractivity contribution in [1.82, 2.24) is 9.97 Å². The summed E-state index contributed by atoms with van der Waals surface area (Å²) in [6.07, 6.45) is 0. The Kier molecular flexibility index (Phi) is 4.45. The number of hydrogen-bond donors (Lipinski definition) is 2. The minimum Gasteiger partial charge on any atom is -0.352 e. The molecule has 20 heavy (non-hydrogen) atoms. The van der Waals surface area contributed by atoms with Crippen molar-refractivity contribution < 1.29 is 0 Å². The van der Waals surface area contributed by atoms with Gasteiger partial charge >= 0.3 is 0 Å². The van der Waals surface area contributed by atoms with Crippen molar-refractivity contribution in [2.45, 2.75) is 33.7 Å². The monoisotopic (exact) mass is 290 g/mol. The maximum absolute atomic E-state index is 5.96. The van der Waals surface area contributed by atoms with Gasteiger partial charge in [0.15, 0.2) is 0 Å². The maximum Gasteiger partial charge on any atom is 0.225 e. The molecule has 2 aromatic rings. The molecule has 2 N–H and O–H groups in total. The highest BCUT2D eigenvalue weighted by Gasteiger charge is 2.05. The first-order valence-electron chi connectivity index (χ1n) is 6.59. The summed E-state index contributed by atoms with van der Waals surface area (Å²) in [5.41, 5.74) is 2.98. The lowest BCUT2D eigenvalue weighted by molar-refractivity contribution is 0.871. The molecule has 2 rings (SSSR count). The Morgan fingerprint density at radius 1 is 1.10 bits per heavy atom. The number of aryl methyl sites for hydroxylation is 2. The van der Waals surface area contributed by atoms with Crippen molar-refractivity contribution in [1.29, 1.82) is 0 Å². The standard InChI is InChI=1S/C15H19ClN4/c1-9(2)17-15-18-11(4)8-14(20-15)19-13-6-5-12(16)7-10(13)3/h5-9H,1-4H3,(H2,17,18,19,20). The Hall–Kier alpha value is -1.81. The minimum atomic E-state index is 0.293. The van der Waals surface area contributed by atoms with Crippen molar-refractivity contribution >= 4 is 29.1 Å². The van der Waals surface area contributed by atoms with Gasteiger partial charge in [-0.15, -0.1) is 0 Å². The largest absolute Gasteiger partial charge is 0.352 e. The molecule has 0 bridgehead atoms. The second kappa shape index (κ2) is 6.09. The Balaban J connectivity index is 2.26. The van der Waals surface area contributed by atoms with Crippen LogP contribution in [0.4, 0.5) is 17.5 Å². The van der Waals surface area contributed by atoms with E-state index in [0.29, 0.717) is 12.0 Å². The van der Waals surface area contributed by atoms with Crippen molar-refractivity contribution in [2.75, 3.05) is 10.6 Å². The van der Waals surface area contributed by atoms with E-state index in [1.165, 1.54) is 0 Å². The maximum atomic E-state index is 5.96.